The molecule has 0 aliphatic heterocycles. The molecule has 1 heterocycles. The second-order valence-electron chi connectivity index (χ2n) is 4.54. The Kier molecular flexibility index (Phi) is 6.41. The van der Waals surface area contributed by atoms with Crippen LogP contribution in [-0.2, 0) is 21.3 Å². The highest BCUT2D eigenvalue weighted by molar-refractivity contribution is 7.89. The van der Waals surface area contributed by atoms with Crippen molar-refractivity contribution < 1.29 is 13.2 Å². The lowest BCUT2D eigenvalue weighted by Gasteiger charge is -2.22. The van der Waals surface area contributed by atoms with Crippen LogP contribution in [0.5, 0.6) is 0 Å². The lowest BCUT2D eigenvalue weighted by molar-refractivity contribution is 0.116. The molecule has 110 valence electrons. The van der Waals surface area contributed by atoms with Crippen molar-refractivity contribution >= 4 is 21.4 Å². The summed E-state index contributed by atoms with van der Waals surface area (Å²) in [6, 6.07) is 1.35. The van der Waals surface area contributed by atoms with Gasteiger partial charge in [-0.25, -0.2) is 13.1 Å². The second-order valence-corrected chi connectivity index (χ2v) is 7.23. The first-order valence-corrected chi connectivity index (χ1v) is 8.65. The van der Waals surface area contributed by atoms with Crippen molar-refractivity contribution in [2.75, 3.05) is 13.2 Å². The number of hydrogen-bond acceptors (Lipinski definition) is 5. The topological polar surface area (TPSA) is 81.4 Å². The summed E-state index contributed by atoms with van der Waals surface area (Å²) in [6.45, 7) is 6.98. The molecule has 0 bridgehead atoms. The Labute approximate surface area is 119 Å². The van der Waals surface area contributed by atoms with Gasteiger partial charge in [0, 0.05) is 24.1 Å². The summed E-state index contributed by atoms with van der Waals surface area (Å²) in [4.78, 5) is 0.952. The van der Waals surface area contributed by atoms with Crippen LogP contribution in [0.1, 0.15) is 25.6 Å². The molecule has 0 amide bonds. The molecule has 0 saturated heterocycles. The smallest absolute Gasteiger partial charge is 0.242 e. The van der Waals surface area contributed by atoms with E-state index < -0.39 is 10.0 Å². The van der Waals surface area contributed by atoms with Gasteiger partial charge < -0.3 is 10.5 Å². The standard InChI is InChI=1S/C12H22N2O3S2/c1-4-17-8-10(9(2)3)14-19(15,16)12-5-6-18-11(12)7-13/h5-6,9-10,14H,4,7-8,13H2,1-3H3. The zero-order valence-electron chi connectivity index (χ0n) is 11.5. The van der Waals surface area contributed by atoms with Gasteiger partial charge in [-0.3, -0.25) is 0 Å². The molecule has 5 nitrogen and oxygen atoms in total. The first-order valence-electron chi connectivity index (χ1n) is 6.28. The summed E-state index contributed by atoms with van der Waals surface area (Å²) >= 11 is 1.35. The third-order valence-electron chi connectivity index (χ3n) is 2.79. The largest absolute Gasteiger partial charge is 0.380 e. The maximum absolute atomic E-state index is 12.3. The van der Waals surface area contributed by atoms with E-state index in [1.807, 2.05) is 20.8 Å². The average Bonchev–Trinajstić information content (AvgIpc) is 2.83. The van der Waals surface area contributed by atoms with Crippen LogP contribution >= 0.6 is 11.3 Å². The Bertz CT molecular complexity index is 483. The molecule has 1 unspecified atom stereocenters. The molecule has 0 saturated carbocycles. The van der Waals surface area contributed by atoms with E-state index >= 15 is 0 Å². The monoisotopic (exact) mass is 306 g/mol. The van der Waals surface area contributed by atoms with Crippen LogP contribution in [0.3, 0.4) is 0 Å². The maximum Gasteiger partial charge on any atom is 0.242 e. The highest BCUT2D eigenvalue weighted by atomic mass is 32.2. The first kappa shape index (κ1) is 16.6. The van der Waals surface area contributed by atoms with E-state index in [0.717, 1.165) is 0 Å². The SMILES string of the molecule is CCOCC(NS(=O)(=O)c1ccsc1CN)C(C)C. The van der Waals surface area contributed by atoms with Crippen molar-refractivity contribution in [3.05, 3.63) is 16.3 Å². The summed E-state index contributed by atoms with van der Waals surface area (Å²) in [5.41, 5.74) is 5.56. The number of ether oxygens (including phenoxy) is 1. The number of rotatable bonds is 8. The Balaban J connectivity index is 2.88. The third kappa shape index (κ3) is 4.54. The molecule has 1 atom stereocenters. The molecule has 0 aliphatic carbocycles. The minimum Gasteiger partial charge on any atom is -0.380 e. The second kappa shape index (κ2) is 7.35. The van der Waals surface area contributed by atoms with Crippen molar-refractivity contribution in [3.63, 3.8) is 0 Å². The molecule has 0 spiro atoms. The zero-order chi connectivity index (χ0) is 14.5. The Morgan fingerprint density at radius 2 is 2.16 bits per heavy atom. The third-order valence-corrected chi connectivity index (χ3v) is 5.44. The van der Waals surface area contributed by atoms with E-state index in [1.165, 1.54) is 11.3 Å². The Morgan fingerprint density at radius 1 is 1.47 bits per heavy atom. The fourth-order valence-electron chi connectivity index (χ4n) is 1.59. The zero-order valence-corrected chi connectivity index (χ0v) is 13.2. The molecular weight excluding hydrogens is 284 g/mol. The molecule has 0 aromatic carbocycles. The molecule has 3 N–H and O–H groups in total. The van der Waals surface area contributed by atoms with Gasteiger partial charge in [0.15, 0.2) is 0 Å². The van der Waals surface area contributed by atoms with E-state index in [9.17, 15) is 8.42 Å². The van der Waals surface area contributed by atoms with Crippen LogP contribution in [0.25, 0.3) is 0 Å². The van der Waals surface area contributed by atoms with Crippen molar-refractivity contribution in [2.24, 2.45) is 11.7 Å². The molecule has 19 heavy (non-hydrogen) atoms. The Hall–Kier alpha value is -0.470. The number of sulfonamides is 1. The predicted molar refractivity (Wildman–Crippen MR) is 77.7 cm³/mol. The van der Waals surface area contributed by atoms with Gasteiger partial charge in [0.25, 0.3) is 0 Å². The van der Waals surface area contributed by atoms with E-state index in [0.29, 0.717) is 18.1 Å². The highest BCUT2D eigenvalue weighted by Gasteiger charge is 2.25. The molecule has 0 radical (unpaired) electrons. The van der Waals surface area contributed by atoms with Gasteiger partial charge in [0.2, 0.25) is 10.0 Å². The predicted octanol–water partition coefficient (Wildman–Crippen LogP) is 1.55. The normalized spacial score (nSPS) is 13.9. The molecular formula is C12H22N2O3S2. The van der Waals surface area contributed by atoms with Crippen molar-refractivity contribution in [1.82, 2.24) is 4.72 Å². The summed E-state index contributed by atoms with van der Waals surface area (Å²) in [5, 5.41) is 1.74. The first-order chi connectivity index (χ1) is 8.92. The van der Waals surface area contributed by atoms with E-state index in [4.69, 9.17) is 10.5 Å². The number of nitrogens with two attached hydrogens (primary N) is 1. The van der Waals surface area contributed by atoms with Gasteiger partial charge in [-0.1, -0.05) is 13.8 Å². The summed E-state index contributed by atoms with van der Waals surface area (Å²) < 4.78 is 32.7. The lowest BCUT2D eigenvalue weighted by atomic mass is 10.1. The summed E-state index contributed by atoms with van der Waals surface area (Å²) in [7, 11) is -3.53. The van der Waals surface area contributed by atoms with Crippen LogP contribution in [-0.4, -0.2) is 27.7 Å². The van der Waals surface area contributed by atoms with Crippen molar-refractivity contribution in [3.8, 4) is 0 Å². The average molecular weight is 306 g/mol. The van der Waals surface area contributed by atoms with Gasteiger partial charge in [-0.2, -0.15) is 0 Å². The van der Waals surface area contributed by atoms with Crippen LogP contribution in [0.4, 0.5) is 0 Å². The van der Waals surface area contributed by atoms with Gasteiger partial charge in [0.05, 0.1) is 11.5 Å². The summed E-state index contributed by atoms with van der Waals surface area (Å²) in [5.74, 6) is 0.154. The lowest BCUT2D eigenvalue weighted by Crippen LogP contribution is -2.42. The quantitative estimate of drug-likeness (QED) is 0.763. The van der Waals surface area contributed by atoms with Crippen LogP contribution in [0, 0.1) is 5.92 Å². The molecule has 1 aromatic heterocycles. The van der Waals surface area contributed by atoms with Gasteiger partial charge in [-0.15, -0.1) is 11.3 Å². The van der Waals surface area contributed by atoms with Gasteiger partial charge in [0.1, 0.15) is 0 Å². The fraction of sp³-hybridized carbons (Fsp3) is 0.667. The van der Waals surface area contributed by atoms with E-state index in [2.05, 4.69) is 4.72 Å². The van der Waals surface area contributed by atoms with Gasteiger partial charge >= 0.3 is 0 Å². The van der Waals surface area contributed by atoms with Gasteiger partial charge in [-0.05, 0) is 24.3 Å². The van der Waals surface area contributed by atoms with Crippen LogP contribution in [0.15, 0.2) is 16.3 Å². The number of nitrogens with one attached hydrogen (secondary N) is 1. The van der Waals surface area contributed by atoms with Crippen molar-refractivity contribution in [2.45, 2.75) is 38.3 Å². The molecule has 0 fully saturated rings. The molecule has 1 rings (SSSR count). The van der Waals surface area contributed by atoms with Crippen LogP contribution < -0.4 is 10.5 Å². The number of thiophene rings is 1. The fourth-order valence-corrected chi connectivity index (χ4v) is 4.29. The summed E-state index contributed by atoms with van der Waals surface area (Å²) in [6.07, 6.45) is 0. The minimum atomic E-state index is -3.53. The Morgan fingerprint density at radius 3 is 2.68 bits per heavy atom. The number of hydrogen-bond donors (Lipinski definition) is 2. The molecule has 0 aliphatic rings. The van der Waals surface area contributed by atoms with E-state index in [1.54, 1.807) is 11.4 Å². The van der Waals surface area contributed by atoms with E-state index in [-0.39, 0.29) is 23.4 Å². The molecule has 1 aromatic rings. The molecule has 7 heteroatoms. The van der Waals surface area contributed by atoms with Crippen LogP contribution in [0.2, 0.25) is 0 Å². The highest BCUT2D eigenvalue weighted by Crippen LogP contribution is 2.22. The minimum absolute atomic E-state index is 0.154. The van der Waals surface area contributed by atoms with Crippen molar-refractivity contribution in [1.29, 1.82) is 0 Å². The maximum atomic E-state index is 12.3.